The summed E-state index contributed by atoms with van der Waals surface area (Å²) < 4.78 is 1.92. The van der Waals surface area contributed by atoms with E-state index in [-0.39, 0.29) is 5.75 Å². The summed E-state index contributed by atoms with van der Waals surface area (Å²) in [5.74, 6) is 1.67. The first kappa shape index (κ1) is 13.5. The minimum absolute atomic E-state index is 0.200. The molecule has 2 N–H and O–H groups in total. The van der Waals surface area contributed by atoms with E-state index < -0.39 is 0 Å². The van der Waals surface area contributed by atoms with Crippen molar-refractivity contribution in [3.05, 3.63) is 54.4 Å². The number of para-hydroxylation sites is 1. The van der Waals surface area contributed by atoms with Gasteiger partial charge in [-0.3, -0.25) is 0 Å². The van der Waals surface area contributed by atoms with Gasteiger partial charge in [0.2, 0.25) is 5.95 Å². The molecule has 0 fully saturated rings. The van der Waals surface area contributed by atoms with Crippen LogP contribution >= 0.6 is 0 Å². The number of fused-ring (bicyclic) bond motifs is 3. The Hall–Kier alpha value is -3.15. The van der Waals surface area contributed by atoms with Crippen molar-refractivity contribution < 1.29 is 5.11 Å². The number of aromatic hydroxyl groups is 1. The van der Waals surface area contributed by atoms with Crippen molar-refractivity contribution in [1.29, 1.82) is 0 Å². The molecule has 23 heavy (non-hydrogen) atoms. The summed E-state index contributed by atoms with van der Waals surface area (Å²) in [4.78, 5) is 4.70. The molecule has 0 amide bonds. The van der Waals surface area contributed by atoms with E-state index >= 15 is 0 Å². The molecular formula is C17H15N5O. The van der Waals surface area contributed by atoms with E-state index in [9.17, 15) is 5.11 Å². The highest BCUT2D eigenvalue weighted by Gasteiger charge is 2.14. The van der Waals surface area contributed by atoms with Crippen LogP contribution in [0.1, 0.15) is 12.7 Å². The van der Waals surface area contributed by atoms with Gasteiger partial charge in [-0.1, -0.05) is 25.1 Å². The third-order valence-electron chi connectivity index (χ3n) is 3.73. The second kappa shape index (κ2) is 5.24. The molecule has 0 atom stereocenters. The van der Waals surface area contributed by atoms with Gasteiger partial charge < -0.3 is 10.4 Å². The highest BCUT2D eigenvalue weighted by molar-refractivity contribution is 5.92. The maximum atomic E-state index is 9.64. The number of nitrogens with zero attached hydrogens (tertiary/aromatic N) is 4. The number of nitrogens with one attached hydrogen (secondary N) is 1. The molecule has 0 saturated heterocycles. The smallest absolute Gasteiger partial charge is 0.215 e. The van der Waals surface area contributed by atoms with E-state index in [1.807, 2.05) is 41.7 Å². The molecule has 0 bridgehead atoms. The summed E-state index contributed by atoms with van der Waals surface area (Å²) in [6, 6.07) is 14.8. The van der Waals surface area contributed by atoms with Crippen LogP contribution in [0.25, 0.3) is 16.6 Å². The lowest BCUT2D eigenvalue weighted by Crippen LogP contribution is -2.05. The lowest BCUT2D eigenvalue weighted by Gasteiger charge is -2.11. The van der Waals surface area contributed by atoms with E-state index in [1.54, 1.807) is 18.2 Å². The fraction of sp³-hybridized carbons (Fsp3) is 0.118. The number of rotatable bonds is 3. The predicted molar refractivity (Wildman–Crippen MR) is 89.1 cm³/mol. The van der Waals surface area contributed by atoms with Gasteiger partial charge in [-0.25, -0.2) is 9.38 Å². The lowest BCUT2D eigenvalue weighted by atomic mass is 10.2. The van der Waals surface area contributed by atoms with Crippen molar-refractivity contribution in [2.45, 2.75) is 13.3 Å². The average Bonchev–Trinajstić information content (AvgIpc) is 3.00. The molecule has 2 aromatic carbocycles. The topological polar surface area (TPSA) is 75.3 Å². The number of aryl methyl sites for hydroxylation is 1. The van der Waals surface area contributed by atoms with Crippen LogP contribution in [0.3, 0.4) is 0 Å². The molecule has 0 saturated carbocycles. The van der Waals surface area contributed by atoms with Crippen LogP contribution in [0, 0.1) is 0 Å². The van der Waals surface area contributed by atoms with E-state index in [0.717, 1.165) is 34.5 Å². The molecule has 2 heterocycles. The van der Waals surface area contributed by atoms with Crippen molar-refractivity contribution in [2.75, 3.05) is 5.32 Å². The number of aromatic nitrogens is 4. The zero-order valence-corrected chi connectivity index (χ0v) is 12.6. The maximum absolute atomic E-state index is 9.64. The molecule has 0 unspecified atom stereocenters. The largest absolute Gasteiger partial charge is 0.508 e. The molecule has 0 aliphatic heterocycles. The zero-order valence-electron chi connectivity index (χ0n) is 12.6. The molecular weight excluding hydrogens is 290 g/mol. The zero-order chi connectivity index (χ0) is 15.8. The Morgan fingerprint density at radius 3 is 2.78 bits per heavy atom. The molecule has 0 spiro atoms. The van der Waals surface area contributed by atoms with E-state index in [1.165, 1.54) is 0 Å². The first-order valence-corrected chi connectivity index (χ1v) is 7.45. The molecule has 0 aliphatic carbocycles. The lowest BCUT2D eigenvalue weighted by molar-refractivity contribution is 0.475. The summed E-state index contributed by atoms with van der Waals surface area (Å²) >= 11 is 0. The second-order valence-electron chi connectivity index (χ2n) is 5.26. The number of phenolic OH excluding ortho intramolecular Hbond substituents is 1. The number of anilines is 2. The van der Waals surface area contributed by atoms with Crippen LogP contribution in [-0.2, 0) is 6.42 Å². The van der Waals surface area contributed by atoms with Crippen LogP contribution in [0.2, 0.25) is 0 Å². The van der Waals surface area contributed by atoms with Crippen molar-refractivity contribution in [1.82, 2.24) is 19.6 Å². The monoisotopic (exact) mass is 305 g/mol. The first-order valence-electron chi connectivity index (χ1n) is 7.45. The molecule has 114 valence electrons. The maximum Gasteiger partial charge on any atom is 0.215 e. The van der Waals surface area contributed by atoms with Gasteiger partial charge in [0.05, 0.1) is 5.52 Å². The molecule has 0 aliphatic rings. The number of hydrogen-bond acceptors (Lipinski definition) is 5. The summed E-state index contributed by atoms with van der Waals surface area (Å²) in [5, 5.41) is 22.4. The molecule has 4 rings (SSSR count). The number of phenols is 1. The van der Waals surface area contributed by atoms with Crippen LogP contribution in [0.4, 0.5) is 11.6 Å². The van der Waals surface area contributed by atoms with Crippen molar-refractivity contribution in [2.24, 2.45) is 0 Å². The Kier molecular flexibility index (Phi) is 3.08. The second-order valence-corrected chi connectivity index (χ2v) is 5.26. The molecule has 6 nitrogen and oxygen atoms in total. The predicted octanol–water partition coefficient (Wildman–Crippen LogP) is 3.29. The minimum atomic E-state index is 0.200. The summed E-state index contributed by atoms with van der Waals surface area (Å²) in [6.45, 7) is 2.03. The van der Waals surface area contributed by atoms with Gasteiger partial charge >= 0.3 is 0 Å². The van der Waals surface area contributed by atoms with Crippen molar-refractivity contribution in [3.63, 3.8) is 0 Å². The third-order valence-corrected chi connectivity index (χ3v) is 3.73. The molecule has 6 heteroatoms. The Balaban J connectivity index is 1.97. The van der Waals surface area contributed by atoms with Gasteiger partial charge in [0.25, 0.3) is 0 Å². The molecule has 0 radical (unpaired) electrons. The fourth-order valence-electron chi connectivity index (χ4n) is 2.66. The van der Waals surface area contributed by atoms with E-state index in [4.69, 9.17) is 4.98 Å². The average molecular weight is 305 g/mol. The summed E-state index contributed by atoms with van der Waals surface area (Å²) in [5.41, 5.74) is 2.37. The first-order chi connectivity index (χ1) is 11.3. The Labute approximate surface area is 132 Å². The highest BCUT2D eigenvalue weighted by Crippen LogP contribution is 2.25. The van der Waals surface area contributed by atoms with E-state index in [0.29, 0.717) is 5.95 Å². The van der Waals surface area contributed by atoms with Crippen LogP contribution in [-0.4, -0.2) is 24.7 Å². The van der Waals surface area contributed by atoms with Crippen LogP contribution in [0.15, 0.2) is 48.5 Å². The minimum Gasteiger partial charge on any atom is -0.508 e. The standard InChI is InChI=1S/C17H15N5O/c1-2-15-20-21-16-13-8-3-4-9-14(13)19-17(22(15)16)18-11-6-5-7-12(23)10-11/h3-10,23H,2H2,1H3,(H,18,19). The van der Waals surface area contributed by atoms with Gasteiger partial charge in [0.1, 0.15) is 11.6 Å². The Morgan fingerprint density at radius 1 is 1.09 bits per heavy atom. The van der Waals surface area contributed by atoms with Gasteiger partial charge in [0.15, 0.2) is 5.65 Å². The van der Waals surface area contributed by atoms with E-state index in [2.05, 4.69) is 15.5 Å². The molecule has 4 aromatic rings. The number of hydrogen-bond donors (Lipinski definition) is 2. The third kappa shape index (κ3) is 2.24. The number of benzene rings is 2. The quantitative estimate of drug-likeness (QED) is 0.607. The highest BCUT2D eigenvalue weighted by atomic mass is 16.3. The van der Waals surface area contributed by atoms with Gasteiger partial charge in [-0.2, -0.15) is 0 Å². The Morgan fingerprint density at radius 2 is 1.96 bits per heavy atom. The Bertz CT molecular complexity index is 1010. The van der Waals surface area contributed by atoms with Gasteiger partial charge in [0, 0.05) is 23.6 Å². The normalized spacial score (nSPS) is 11.2. The molecule has 2 aromatic heterocycles. The van der Waals surface area contributed by atoms with Crippen molar-refractivity contribution in [3.8, 4) is 5.75 Å². The summed E-state index contributed by atoms with van der Waals surface area (Å²) in [7, 11) is 0. The van der Waals surface area contributed by atoms with Crippen LogP contribution in [0.5, 0.6) is 5.75 Å². The summed E-state index contributed by atoms with van der Waals surface area (Å²) in [6.07, 6.45) is 0.746. The fourth-order valence-corrected chi connectivity index (χ4v) is 2.66. The van der Waals surface area contributed by atoms with Gasteiger partial charge in [-0.05, 0) is 24.3 Å². The van der Waals surface area contributed by atoms with Crippen LogP contribution < -0.4 is 5.32 Å². The van der Waals surface area contributed by atoms with Crippen molar-refractivity contribution >= 4 is 28.2 Å². The SMILES string of the molecule is CCc1nnc2c3ccccc3nc(Nc3cccc(O)c3)n12. The van der Waals surface area contributed by atoms with Gasteiger partial charge in [-0.15, -0.1) is 10.2 Å².